The van der Waals surface area contributed by atoms with Crippen molar-refractivity contribution in [1.29, 1.82) is 0 Å². The Hall–Kier alpha value is -2.33. The van der Waals surface area contributed by atoms with Gasteiger partial charge in [-0.25, -0.2) is 4.79 Å². The van der Waals surface area contributed by atoms with Crippen LogP contribution in [0.5, 0.6) is 0 Å². The van der Waals surface area contributed by atoms with E-state index in [1.165, 1.54) is 22.3 Å². The van der Waals surface area contributed by atoms with Gasteiger partial charge < -0.3 is 14.7 Å². The van der Waals surface area contributed by atoms with Crippen LogP contribution < -0.4 is 0 Å². The van der Waals surface area contributed by atoms with Crippen LogP contribution in [0.4, 0.5) is 4.79 Å². The first-order valence-electron chi connectivity index (χ1n) is 9.96. The van der Waals surface area contributed by atoms with Crippen LogP contribution in [0.1, 0.15) is 42.7 Å². The summed E-state index contributed by atoms with van der Waals surface area (Å²) >= 11 is 0. The molecule has 2 aromatic rings. The molecule has 1 N–H and O–H groups in total. The highest BCUT2D eigenvalue weighted by molar-refractivity contribution is 5.79. The number of ether oxygens (including phenoxy) is 1. The second kappa shape index (κ2) is 6.38. The Morgan fingerprint density at radius 2 is 1.63 bits per heavy atom. The fraction of sp³-hybridized carbons (Fsp3) is 0.435. The number of hydrogen-bond donors (Lipinski definition) is 1. The lowest BCUT2D eigenvalue weighted by molar-refractivity contribution is 0.0740. The molecule has 1 saturated carbocycles. The average molecular weight is 363 g/mol. The molecular weight excluding hydrogens is 338 g/mol. The van der Waals surface area contributed by atoms with Gasteiger partial charge in [0, 0.05) is 17.9 Å². The molecule has 1 amide bonds. The standard InChI is InChI=1S/C23H25NO3/c25-21-13-24(15-23(21)11-5-6-12-23)22(26)27-14-20-18-9-3-1-7-16(18)17-8-2-4-10-19(17)20/h1-4,7-10,20-21,25H,5-6,11-15H2. The number of fused-ring (bicyclic) bond motifs is 3. The monoisotopic (exact) mass is 363 g/mol. The first kappa shape index (κ1) is 16.8. The number of aliphatic hydroxyl groups is 1. The first-order valence-corrected chi connectivity index (χ1v) is 9.96. The van der Waals surface area contributed by atoms with Crippen molar-refractivity contribution in [2.75, 3.05) is 19.7 Å². The molecule has 27 heavy (non-hydrogen) atoms. The predicted octanol–water partition coefficient (Wildman–Crippen LogP) is 4.17. The lowest BCUT2D eigenvalue weighted by Gasteiger charge is -2.25. The van der Waals surface area contributed by atoms with Crippen molar-refractivity contribution in [2.24, 2.45) is 5.41 Å². The number of aliphatic hydroxyl groups excluding tert-OH is 1. The van der Waals surface area contributed by atoms with E-state index in [0.29, 0.717) is 19.7 Å². The maximum Gasteiger partial charge on any atom is 0.409 e. The van der Waals surface area contributed by atoms with Crippen LogP contribution >= 0.6 is 0 Å². The Labute approximate surface area is 159 Å². The molecule has 0 aromatic heterocycles. The minimum atomic E-state index is -0.416. The molecule has 1 aliphatic heterocycles. The molecule has 4 nitrogen and oxygen atoms in total. The number of nitrogens with zero attached hydrogens (tertiary/aromatic N) is 1. The van der Waals surface area contributed by atoms with Crippen molar-refractivity contribution in [3.05, 3.63) is 59.7 Å². The van der Waals surface area contributed by atoms with Crippen molar-refractivity contribution in [2.45, 2.75) is 37.7 Å². The number of rotatable bonds is 2. The summed E-state index contributed by atoms with van der Waals surface area (Å²) in [5.74, 6) is 0.0781. The Balaban J connectivity index is 1.31. The number of β-amino-alcohol motifs (C(OH)–C–C–N with tert-alkyl or cyclic N) is 1. The van der Waals surface area contributed by atoms with E-state index in [2.05, 4.69) is 36.4 Å². The molecule has 2 aliphatic carbocycles. The summed E-state index contributed by atoms with van der Waals surface area (Å²) in [6.45, 7) is 1.37. The first-order chi connectivity index (χ1) is 13.2. The highest BCUT2D eigenvalue weighted by atomic mass is 16.6. The van der Waals surface area contributed by atoms with E-state index in [0.717, 1.165) is 25.7 Å². The molecule has 1 unspecified atom stereocenters. The molecule has 1 saturated heterocycles. The number of carbonyl (C=O) groups is 1. The van der Waals surface area contributed by atoms with Crippen LogP contribution in [0, 0.1) is 5.41 Å². The van der Waals surface area contributed by atoms with E-state index >= 15 is 0 Å². The van der Waals surface area contributed by atoms with Gasteiger partial charge in [0.15, 0.2) is 0 Å². The van der Waals surface area contributed by atoms with Gasteiger partial charge in [-0.3, -0.25) is 0 Å². The van der Waals surface area contributed by atoms with Gasteiger partial charge in [0.1, 0.15) is 6.61 Å². The zero-order valence-electron chi connectivity index (χ0n) is 15.4. The number of benzene rings is 2. The van der Waals surface area contributed by atoms with Gasteiger partial charge in [-0.1, -0.05) is 61.4 Å². The van der Waals surface area contributed by atoms with Crippen molar-refractivity contribution < 1.29 is 14.6 Å². The normalized spacial score (nSPS) is 22.9. The van der Waals surface area contributed by atoms with E-state index in [1.807, 2.05) is 12.1 Å². The van der Waals surface area contributed by atoms with E-state index in [4.69, 9.17) is 4.74 Å². The Morgan fingerprint density at radius 1 is 1.04 bits per heavy atom. The van der Waals surface area contributed by atoms with Crippen LogP contribution in [0.25, 0.3) is 11.1 Å². The zero-order chi connectivity index (χ0) is 18.4. The van der Waals surface area contributed by atoms with Gasteiger partial charge in [-0.15, -0.1) is 0 Å². The van der Waals surface area contributed by atoms with E-state index in [1.54, 1.807) is 4.90 Å². The maximum atomic E-state index is 12.7. The van der Waals surface area contributed by atoms with Crippen LogP contribution in [0.2, 0.25) is 0 Å². The summed E-state index contributed by atoms with van der Waals surface area (Å²) < 4.78 is 5.75. The van der Waals surface area contributed by atoms with Gasteiger partial charge >= 0.3 is 6.09 Å². The summed E-state index contributed by atoms with van der Waals surface area (Å²) in [6, 6.07) is 16.7. The Kier molecular flexibility index (Phi) is 3.97. The summed E-state index contributed by atoms with van der Waals surface area (Å²) in [5, 5.41) is 10.5. The highest BCUT2D eigenvalue weighted by Gasteiger charge is 2.49. The van der Waals surface area contributed by atoms with E-state index < -0.39 is 6.10 Å². The molecule has 140 valence electrons. The van der Waals surface area contributed by atoms with Crippen LogP contribution in [-0.4, -0.2) is 41.9 Å². The van der Waals surface area contributed by atoms with E-state index in [9.17, 15) is 9.90 Å². The smallest absolute Gasteiger partial charge is 0.409 e. The zero-order valence-corrected chi connectivity index (χ0v) is 15.4. The molecule has 0 radical (unpaired) electrons. The van der Waals surface area contributed by atoms with Gasteiger partial charge in [0.05, 0.1) is 12.6 Å². The fourth-order valence-corrected chi connectivity index (χ4v) is 5.35. The fourth-order valence-electron chi connectivity index (χ4n) is 5.35. The molecule has 3 aliphatic rings. The minimum absolute atomic E-state index is 0.0781. The van der Waals surface area contributed by atoms with Crippen molar-refractivity contribution >= 4 is 6.09 Å². The summed E-state index contributed by atoms with van der Waals surface area (Å²) in [7, 11) is 0. The molecular formula is C23H25NO3. The Bertz CT molecular complexity index is 826. The largest absolute Gasteiger partial charge is 0.448 e. The number of likely N-dealkylation sites (tertiary alicyclic amines) is 1. The third-order valence-electron chi connectivity index (χ3n) is 6.80. The quantitative estimate of drug-likeness (QED) is 0.871. The Morgan fingerprint density at radius 3 is 2.26 bits per heavy atom. The predicted molar refractivity (Wildman–Crippen MR) is 104 cm³/mol. The third kappa shape index (κ3) is 2.66. The summed E-state index contributed by atoms with van der Waals surface area (Å²) in [5.41, 5.74) is 4.82. The lowest BCUT2D eigenvalue weighted by atomic mass is 9.83. The lowest BCUT2D eigenvalue weighted by Crippen LogP contribution is -2.32. The summed E-state index contributed by atoms with van der Waals surface area (Å²) in [4.78, 5) is 14.4. The molecule has 1 spiro atoms. The number of amides is 1. The van der Waals surface area contributed by atoms with Crippen LogP contribution in [-0.2, 0) is 4.74 Å². The van der Waals surface area contributed by atoms with Crippen molar-refractivity contribution in [1.82, 2.24) is 4.90 Å². The molecule has 4 heteroatoms. The molecule has 2 aromatic carbocycles. The highest BCUT2D eigenvalue weighted by Crippen LogP contribution is 2.46. The van der Waals surface area contributed by atoms with Crippen LogP contribution in [0.3, 0.4) is 0 Å². The SMILES string of the molecule is O=C(OCC1c2ccccc2-c2ccccc21)N1CC(O)C2(CCCC2)C1. The maximum absolute atomic E-state index is 12.7. The molecule has 2 fully saturated rings. The van der Waals surface area contributed by atoms with E-state index in [-0.39, 0.29) is 17.4 Å². The van der Waals surface area contributed by atoms with Gasteiger partial charge in [-0.2, -0.15) is 0 Å². The van der Waals surface area contributed by atoms with Crippen molar-refractivity contribution in [3.63, 3.8) is 0 Å². The second-order valence-corrected chi connectivity index (χ2v) is 8.27. The van der Waals surface area contributed by atoms with Crippen molar-refractivity contribution in [3.8, 4) is 11.1 Å². The minimum Gasteiger partial charge on any atom is -0.448 e. The van der Waals surface area contributed by atoms with Crippen LogP contribution in [0.15, 0.2) is 48.5 Å². The average Bonchev–Trinajstić information content (AvgIpc) is 3.38. The third-order valence-corrected chi connectivity index (χ3v) is 6.80. The van der Waals surface area contributed by atoms with Gasteiger partial charge in [-0.05, 0) is 35.1 Å². The van der Waals surface area contributed by atoms with Gasteiger partial charge in [0.25, 0.3) is 0 Å². The molecule has 5 rings (SSSR count). The molecule has 0 bridgehead atoms. The van der Waals surface area contributed by atoms with Gasteiger partial charge in [0.2, 0.25) is 0 Å². The number of hydrogen-bond acceptors (Lipinski definition) is 3. The topological polar surface area (TPSA) is 49.8 Å². The number of carbonyl (C=O) groups excluding carboxylic acids is 1. The second-order valence-electron chi connectivity index (χ2n) is 8.27. The molecule has 1 atom stereocenters. The summed E-state index contributed by atoms with van der Waals surface area (Å²) in [6.07, 6.45) is 3.62. The molecule has 1 heterocycles.